The molecule has 35 heavy (non-hydrogen) atoms. The van der Waals surface area contributed by atoms with E-state index in [0.717, 1.165) is 25.9 Å². The van der Waals surface area contributed by atoms with Crippen LogP contribution >= 0.6 is 0 Å². The van der Waals surface area contributed by atoms with Crippen LogP contribution in [-0.2, 0) is 19.6 Å². The summed E-state index contributed by atoms with van der Waals surface area (Å²) in [7, 11) is -0.565. The molecular weight excluding hydrogens is 466 g/mol. The smallest absolute Gasteiger partial charge is 0.248 e. The van der Waals surface area contributed by atoms with Gasteiger partial charge in [0.2, 0.25) is 15.9 Å². The Bertz CT molecular complexity index is 915. The van der Waals surface area contributed by atoms with Crippen LogP contribution in [0.5, 0.6) is 5.75 Å². The van der Waals surface area contributed by atoms with Gasteiger partial charge in [-0.2, -0.15) is 4.31 Å². The maximum atomic E-state index is 13.1. The van der Waals surface area contributed by atoms with Gasteiger partial charge >= 0.3 is 0 Å². The molecule has 0 N–H and O–H groups in total. The summed E-state index contributed by atoms with van der Waals surface area (Å²) in [5, 5.41) is 0. The van der Waals surface area contributed by atoms with Gasteiger partial charge < -0.3 is 19.3 Å². The van der Waals surface area contributed by atoms with E-state index < -0.39 is 10.0 Å². The Hall–Kier alpha value is -1.68. The molecule has 0 unspecified atom stereocenters. The van der Waals surface area contributed by atoms with Gasteiger partial charge in [0.25, 0.3) is 0 Å². The Balaban J connectivity index is 1.35. The van der Waals surface area contributed by atoms with Crippen molar-refractivity contribution in [2.75, 3.05) is 66.6 Å². The van der Waals surface area contributed by atoms with E-state index in [9.17, 15) is 13.2 Å². The third kappa shape index (κ3) is 7.65. The quantitative estimate of drug-likeness (QED) is 0.403. The van der Waals surface area contributed by atoms with Gasteiger partial charge in [-0.1, -0.05) is 0 Å². The molecule has 0 saturated carbocycles. The normalized spacial score (nSPS) is 17.9. The molecule has 2 fully saturated rings. The Labute approximate surface area is 211 Å². The number of aryl methyl sites for hydroxylation is 2. The molecule has 3 rings (SSSR count). The summed E-state index contributed by atoms with van der Waals surface area (Å²) in [6.07, 6.45) is 7.32. The Morgan fingerprint density at radius 1 is 1.09 bits per heavy atom. The van der Waals surface area contributed by atoms with Crippen molar-refractivity contribution in [3.63, 3.8) is 0 Å². The zero-order valence-electron chi connectivity index (χ0n) is 21.9. The number of likely N-dealkylation sites (N-methyl/N-ethyl adjacent to an activating group) is 1. The van der Waals surface area contributed by atoms with Crippen molar-refractivity contribution in [1.29, 1.82) is 0 Å². The molecule has 2 aliphatic heterocycles. The second kappa shape index (κ2) is 13.0. The number of carbonyl (C=O) groups is 1. The number of carbonyl (C=O) groups excluding carboxylic acids is 1. The monoisotopic (exact) mass is 509 g/mol. The van der Waals surface area contributed by atoms with E-state index in [4.69, 9.17) is 9.47 Å². The lowest BCUT2D eigenvalue weighted by molar-refractivity contribution is -0.137. The third-order valence-corrected chi connectivity index (χ3v) is 9.53. The first-order valence-electron chi connectivity index (χ1n) is 12.9. The van der Waals surface area contributed by atoms with Crippen molar-refractivity contribution in [3.05, 3.63) is 23.3 Å². The summed E-state index contributed by atoms with van der Waals surface area (Å²) >= 11 is 0. The number of rotatable bonds is 12. The van der Waals surface area contributed by atoms with Crippen LogP contribution in [0, 0.1) is 19.8 Å². The number of sulfonamides is 1. The molecule has 198 valence electrons. The second-order valence-corrected chi connectivity index (χ2v) is 12.0. The minimum atomic E-state index is -3.67. The number of ether oxygens (including phenoxy) is 2. The van der Waals surface area contributed by atoms with Gasteiger partial charge in [-0.15, -0.1) is 0 Å². The van der Waals surface area contributed by atoms with Crippen molar-refractivity contribution < 1.29 is 22.7 Å². The summed E-state index contributed by atoms with van der Waals surface area (Å²) in [4.78, 5) is 17.3. The number of amides is 1. The average molecular weight is 510 g/mol. The van der Waals surface area contributed by atoms with E-state index >= 15 is 0 Å². The first-order chi connectivity index (χ1) is 16.7. The average Bonchev–Trinajstić information content (AvgIpc) is 3.34. The number of benzene rings is 1. The van der Waals surface area contributed by atoms with Crippen molar-refractivity contribution >= 4 is 15.9 Å². The highest BCUT2D eigenvalue weighted by Crippen LogP contribution is 2.28. The Morgan fingerprint density at radius 2 is 1.71 bits per heavy atom. The molecule has 8 nitrogen and oxygen atoms in total. The summed E-state index contributed by atoms with van der Waals surface area (Å²) in [6, 6.07) is 3.44. The van der Waals surface area contributed by atoms with Gasteiger partial charge in [0, 0.05) is 26.7 Å². The number of methoxy groups -OCH3 is 1. The highest BCUT2D eigenvalue weighted by molar-refractivity contribution is 7.89. The fraction of sp³-hybridized carbons (Fsp3) is 0.731. The zero-order valence-corrected chi connectivity index (χ0v) is 22.7. The lowest BCUT2D eigenvalue weighted by atomic mass is 9.92. The van der Waals surface area contributed by atoms with Crippen molar-refractivity contribution in [2.45, 2.75) is 57.3 Å². The van der Waals surface area contributed by atoms with E-state index in [0.29, 0.717) is 27.7 Å². The number of piperidine rings is 1. The van der Waals surface area contributed by atoms with Crippen LogP contribution in [0.25, 0.3) is 0 Å². The molecule has 2 saturated heterocycles. The summed E-state index contributed by atoms with van der Waals surface area (Å²) in [6.45, 7) is 9.20. The van der Waals surface area contributed by atoms with Crippen molar-refractivity contribution in [3.8, 4) is 5.75 Å². The maximum absolute atomic E-state index is 13.1. The number of hydrogen-bond donors (Lipinski definition) is 0. The first-order valence-corrected chi connectivity index (χ1v) is 14.4. The Kier molecular flexibility index (Phi) is 10.4. The second-order valence-electron chi connectivity index (χ2n) is 9.98. The molecule has 0 bridgehead atoms. The minimum absolute atomic E-state index is 0.00585. The molecule has 0 aromatic heterocycles. The van der Waals surface area contributed by atoms with Gasteiger partial charge in [-0.25, -0.2) is 8.42 Å². The summed E-state index contributed by atoms with van der Waals surface area (Å²) < 4.78 is 38.3. The molecule has 2 aliphatic rings. The lowest BCUT2D eigenvalue weighted by Crippen LogP contribution is -2.41. The van der Waals surface area contributed by atoms with Crippen LogP contribution in [-0.4, -0.2) is 95.1 Å². The van der Waals surface area contributed by atoms with E-state index in [2.05, 4.69) is 4.90 Å². The standard InChI is InChI=1S/C26H43N3O5S/c1-21-18-24(33-4)19-22(2)26(21)35(31,32)27(3)16-17-34-20-25(30)29-14-9-23(10-15-29)8-7-13-28-11-5-6-12-28/h18-19,23H,5-17,20H2,1-4H3. The number of nitrogens with zero attached hydrogens (tertiary/aromatic N) is 3. The van der Waals surface area contributed by atoms with E-state index in [1.165, 1.54) is 56.7 Å². The lowest BCUT2D eigenvalue weighted by Gasteiger charge is -2.32. The molecular formula is C26H43N3O5S. The molecule has 0 radical (unpaired) electrons. The minimum Gasteiger partial charge on any atom is -0.497 e. The summed E-state index contributed by atoms with van der Waals surface area (Å²) in [5.41, 5.74) is 1.29. The van der Waals surface area contributed by atoms with Crippen LogP contribution in [0.4, 0.5) is 0 Å². The Morgan fingerprint density at radius 3 is 2.31 bits per heavy atom. The molecule has 0 aliphatic carbocycles. The van der Waals surface area contributed by atoms with Crippen LogP contribution in [0.1, 0.15) is 49.7 Å². The van der Waals surface area contributed by atoms with E-state index in [1.54, 1.807) is 33.1 Å². The number of hydrogen-bond acceptors (Lipinski definition) is 6. The molecule has 1 aromatic carbocycles. The van der Waals surface area contributed by atoms with Crippen LogP contribution in [0.15, 0.2) is 17.0 Å². The molecule has 9 heteroatoms. The van der Waals surface area contributed by atoms with Crippen LogP contribution in [0.2, 0.25) is 0 Å². The van der Waals surface area contributed by atoms with Crippen molar-refractivity contribution in [1.82, 2.24) is 14.1 Å². The van der Waals surface area contributed by atoms with E-state index in [1.807, 2.05) is 4.90 Å². The van der Waals surface area contributed by atoms with Crippen LogP contribution in [0.3, 0.4) is 0 Å². The SMILES string of the molecule is COc1cc(C)c(S(=O)(=O)N(C)CCOCC(=O)N2CCC(CCCN3CCCC3)CC2)c(C)c1. The highest BCUT2D eigenvalue weighted by Gasteiger charge is 2.26. The fourth-order valence-corrected chi connectivity index (χ4v) is 6.79. The van der Waals surface area contributed by atoms with Gasteiger partial charge in [-0.05, 0) is 101 Å². The van der Waals surface area contributed by atoms with Gasteiger partial charge in [0.15, 0.2) is 0 Å². The van der Waals surface area contributed by atoms with Crippen molar-refractivity contribution in [2.24, 2.45) is 5.92 Å². The predicted molar refractivity (Wildman–Crippen MR) is 137 cm³/mol. The van der Waals surface area contributed by atoms with Gasteiger partial charge in [-0.3, -0.25) is 4.79 Å². The predicted octanol–water partition coefficient (Wildman–Crippen LogP) is 3.06. The molecule has 0 atom stereocenters. The van der Waals surface area contributed by atoms with Gasteiger partial charge in [0.05, 0.1) is 18.6 Å². The molecule has 1 amide bonds. The maximum Gasteiger partial charge on any atom is 0.248 e. The number of likely N-dealkylation sites (tertiary alicyclic amines) is 2. The molecule has 0 spiro atoms. The fourth-order valence-electron chi connectivity index (χ4n) is 5.24. The topological polar surface area (TPSA) is 79.4 Å². The van der Waals surface area contributed by atoms with Crippen LogP contribution < -0.4 is 4.74 Å². The largest absolute Gasteiger partial charge is 0.497 e. The first kappa shape index (κ1) is 27.9. The zero-order chi connectivity index (χ0) is 25.4. The summed E-state index contributed by atoms with van der Waals surface area (Å²) in [5.74, 6) is 1.34. The van der Waals surface area contributed by atoms with Gasteiger partial charge in [0.1, 0.15) is 12.4 Å². The molecule has 1 aromatic rings. The molecule has 2 heterocycles. The van der Waals surface area contributed by atoms with E-state index in [-0.39, 0.29) is 25.7 Å². The highest BCUT2D eigenvalue weighted by atomic mass is 32.2. The third-order valence-electron chi connectivity index (χ3n) is 7.37.